The molecule has 2 aliphatic heterocycles. The molecule has 2 unspecified atom stereocenters. The van der Waals surface area contributed by atoms with Crippen LogP contribution in [0.25, 0.3) is 0 Å². The van der Waals surface area contributed by atoms with Crippen LogP contribution in [0.4, 0.5) is 5.69 Å². The first-order valence-corrected chi connectivity index (χ1v) is 9.53. The molecule has 2 fully saturated rings. The fraction of sp³-hybridized carbons (Fsp3) is 0.381. The highest BCUT2D eigenvalue weighted by molar-refractivity contribution is 5.96. The minimum atomic E-state index is -0.194. The van der Waals surface area contributed by atoms with Gasteiger partial charge in [0, 0.05) is 55.4 Å². The van der Waals surface area contributed by atoms with E-state index in [4.69, 9.17) is 9.47 Å². The lowest BCUT2D eigenvalue weighted by Crippen LogP contribution is -2.31. The summed E-state index contributed by atoms with van der Waals surface area (Å²) in [4.78, 5) is 30.7. The third-order valence-corrected chi connectivity index (χ3v) is 5.00. The van der Waals surface area contributed by atoms with Crippen molar-refractivity contribution >= 4 is 17.5 Å². The number of carbonyl (C=O) groups excluding carboxylic acids is 2. The van der Waals surface area contributed by atoms with Crippen LogP contribution in [-0.2, 0) is 9.53 Å². The van der Waals surface area contributed by atoms with Crippen molar-refractivity contribution in [3.05, 3.63) is 54.2 Å². The third-order valence-electron chi connectivity index (χ3n) is 5.00. The van der Waals surface area contributed by atoms with Gasteiger partial charge in [-0.15, -0.1) is 0 Å². The van der Waals surface area contributed by atoms with Gasteiger partial charge in [0.1, 0.15) is 6.10 Å². The number of aromatic nitrogens is 1. The summed E-state index contributed by atoms with van der Waals surface area (Å²) in [6.07, 6.45) is 2.81. The smallest absolute Gasteiger partial charge is 0.251 e. The minimum Gasteiger partial charge on any atom is -0.472 e. The van der Waals surface area contributed by atoms with Crippen LogP contribution in [0.3, 0.4) is 0 Å². The van der Waals surface area contributed by atoms with Gasteiger partial charge in [0.15, 0.2) is 0 Å². The molecule has 0 radical (unpaired) electrons. The van der Waals surface area contributed by atoms with Crippen LogP contribution in [0, 0.1) is 5.92 Å². The zero-order valence-corrected chi connectivity index (χ0v) is 15.5. The molecular weight excluding hydrogens is 358 g/mol. The Morgan fingerprint density at radius 3 is 2.93 bits per heavy atom. The average molecular weight is 381 g/mol. The van der Waals surface area contributed by atoms with Crippen LogP contribution in [-0.4, -0.2) is 49.2 Å². The molecule has 1 aromatic heterocycles. The zero-order chi connectivity index (χ0) is 19.3. The lowest BCUT2D eigenvalue weighted by molar-refractivity contribution is -0.117. The first-order chi connectivity index (χ1) is 13.7. The number of carbonyl (C=O) groups is 2. The monoisotopic (exact) mass is 381 g/mol. The second kappa shape index (κ2) is 8.39. The molecule has 0 saturated carbocycles. The molecule has 0 spiro atoms. The van der Waals surface area contributed by atoms with E-state index in [2.05, 4.69) is 10.3 Å². The first-order valence-electron chi connectivity index (χ1n) is 9.53. The maximum atomic E-state index is 12.5. The maximum Gasteiger partial charge on any atom is 0.251 e. The van der Waals surface area contributed by atoms with Gasteiger partial charge in [0.2, 0.25) is 11.8 Å². The minimum absolute atomic E-state index is 0.0146. The second-order valence-electron chi connectivity index (χ2n) is 7.11. The molecule has 1 N–H and O–H groups in total. The molecule has 3 heterocycles. The number of hydrogen-bond acceptors (Lipinski definition) is 5. The van der Waals surface area contributed by atoms with Gasteiger partial charge in [-0.3, -0.25) is 9.59 Å². The van der Waals surface area contributed by atoms with Crippen molar-refractivity contribution in [3.8, 4) is 5.88 Å². The molecule has 7 nitrogen and oxygen atoms in total. The van der Waals surface area contributed by atoms with Crippen LogP contribution < -0.4 is 15.0 Å². The van der Waals surface area contributed by atoms with Crippen molar-refractivity contribution < 1.29 is 19.1 Å². The van der Waals surface area contributed by atoms with Crippen molar-refractivity contribution in [1.29, 1.82) is 0 Å². The average Bonchev–Trinajstić information content (AvgIpc) is 3.36. The molecule has 2 aliphatic rings. The van der Waals surface area contributed by atoms with Crippen LogP contribution >= 0.6 is 0 Å². The number of nitrogens with one attached hydrogen (secondary N) is 1. The molecule has 146 valence electrons. The quantitative estimate of drug-likeness (QED) is 0.828. The molecule has 2 aromatic rings. The molecule has 7 heteroatoms. The van der Waals surface area contributed by atoms with E-state index < -0.39 is 0 Å². The second-order valence-corrected chi connectivity index (χ2v) is 7.11. The number of amides is 2. The zero-order valence-electron chi connectivity index (χ0n) is 15.5. The number of pyridine rings is 1. The highest BCUT2D eigenvalue weighted by atomic mass is 16.5. The summed E-state index contributed by atoms with van der Waals surface area (Å²) >= 11 is 0. The SMILES string of the molecule is O=C(NCC1CC(=O)N(c2ccccc2)C1)c1ccnc(OC2CCOC2)c1. The number of benzene rings is 1. The molecule has 28 heavy (non-hydrogen) atoms. The molecule has 4 rings (SSSR count). The van der Waals surface area contributed by atoms with Gasteiger partial charge >= 0.3 is 0 Å². The molecule has 2 amide bonds. The van der Waals surface area contributed by atoms with Gasteiger partial charge in [0.05, 0.1) is 13.2 Å². The summed E-state index contributed by atoms with van der Waals surface area (Å²) in [5, 5.41) is 2.93. The fourth-order valence-electron chi connectivity index (χ4n) is 3.51. The van der Waals surface area contributed by atoms with Crippen LogP contribution in [0.2, 0.25) is 0 Å². The van der Waals surface area contributed by atoms with Gasteiger partial charge in [-0.2, -0.15) is 0 Å². The summed E-state index contributed by atoms with van der Waals surface area (Å²) in [6.45, 7) is 2.29. The van der Waals surface area contributed by atoms with E-state index in [0.717, 1.165) is 12.1 Å². The number of para-hydroxylation sites is 1. The van der Waals surface area contributed by atoms with Gasteiger partial charge in [-0.25, -0.2) is 4.98 Å². The largest absolute Gasteiger partial charge is 0.472 e. The van der Waals surface area contributed by atoms with Crippen LogP contribution in [0.1, 0.15) is 23.2 Å². The topological polar surface area (TPSA) is 80.8 Å². The van der Waals surface area contributed by atoms with E-state index in [1.807, 2.05) is 30.3 Å². The Morgan fingerprint density at radius 2 is 2.14 bits per heavy atom. The Balaban J connectivity index is 1.31. The van der Waals surface area contributed by atoms with E-state index in [-0.39, 0.29) is 23.8 Å². The Bertz CT molecular complexity index is 837. The summed E-state index contributed by atoms with van der Waals surface area (Å²) in [5.41, 5.74) is 1.39. The summed E-state index contributed by atoms with van der Waals surface area (Å²) < 4.78 is 11.0. The molecule has 2 saturated heterocycles. The maximum absolute atomic E-state index is 12.5. The van der Waals surface area contributed by atoms with Gasteiger partial charge in [-0.05, 0) is 18.2 Å². The predicted molar refractivity (Wildman–Crippen MR) is 103 cm³/mol. The van der Waals surface area contributed by atoms with E-state index >= 15 is 0 Å². The summed E-state index contributed by atoms with van der Waals surface area (Å²) in [7, 11) is 0. The number of nitrogens with zero attached hydrogens (tertiary/aromatic N) is 2. The Hall–Kier alpha value is -2.93. The van der Waals surface area contributed by atoms with E-state index in [1.165, 1.54) is 0 Å². The van der Waals surface area contributed by atoms with Gasteiger partial charge < -0.3 is 19.7 Å². The van der Waals surface area contributed by atoms with E-state index in [0.29, 0.717) is 44.2 Å². The lowest BCUT2D eigenvalue weighted by atomic mass is 10.1. The summed E-state index contributed by atoms with van der Waals surface area (Å²) in [6, 6.07) is 12.9. The highest BCUT2D eigenvalue weighted by Gasteiger charge is 2.30. The van der Waals surface area contributed by atoms with Crippen LogP contribution in [0.15, 0.2) is 48.7 Å². The molecule has 2 atom stereocenters. The van der Waals surface area contributed by atoms with Gasteiger partial charge in [-0.1, -0.05) is 18.2 Å². The molecular formula is C21H23N3O4. The van der Waals surface area contributed by atoms with E-state index in [1.54, 1.807) is 23.2 Å². The Labute approximate surface area is 163 Å². The normalized spacial score (nSPS) is 21.7. The Kier molecular flexibility index (Phi) is 5.53. The van der Waals surface area contributed by atoms with Gasteiger partial charge in [0.25, 0.3) is 5.91 Å². The summed E-state index contributed by atoms with van der Waals surface area (Å²) in [5.74, 6) is 0.406. The highest BCUT2D eigenvalue weighted by Crippen LogP contribution is 2.24. The van der Waals surface area contributed by atoms with Crippen molar-refractivity contribution in [2.45, 2.75) is 18.9 Å². The third kappa shape index (κ3) is 4.31. The number of ether oxygens (including phenoxy) is 2. The number of rotatable bonds is 6. The van der Waals surface area contributed by atoms with Crippen LogP contribution in [0.5, 0.6) is 5.88 Å². The van der Waals surface area contributed by atoms with Crippen molar-refractivity contribution in [2.75, 3.05) is 31.2 Å². The lowest BCUT2D eigenvalue weighted by Gasteiger charge is -2.17. The molecule has 0 bridgehead atoms. The molecule has 0 aliphatic carbocycles. The first kappa shape index (κ1) is 18.4. The predicted octanol–water partition coefficient (Wildman–Crippen LogP) is 2.03. The van der Waals surface area contributed by atoms with Crippen molar-refractivity contribution in [1.82, 2.24) is 10.3 Å². The fourth-order valence-corrected chi connectivity index (χ4v) is 3.51. The van der Waals surface area contributed by atoms with Crippen molar-refractivity contribution in [2.24, 2.45) is 5.92 Å². The standard InChI is InChI=1S/C21H23N3O4/c25-20-10-15(13-24(20)17-4-2-1-3-5-17)12-23-21(26)16-6-8-22-19(11-16)28-18-7-9-27-14-18/h1-6,8,11,15,18H,7,9-10,12-14H2,(H,23,26). The Morgan fingerprint density at radius 1 is 1.29 bits per heavy atom. The molecule has 1 aromatic carbocycles. The number of anilines is 1. The van der Waals surface area contributed by atoms with E-state index in [9.17, 15) is 9.59 Å². The number of hydrogen-bond donors (Lipinski definition) is 1. The van der Waals surface area contributed by atoms with Crippen molar-refractivity contribution in [3.63, 3.8) is 0 Å².